The quantitative estimate of drug-likeness (QED) is 0.109. The Kier molecular flexibility index (Phi) is 32.8. The fourth-order valence-electron chi connectivity index (χ4n) is 1.44. The van der Waals surface area contributed by atoms with Crippen LogP contribution in [0.2, 0.25) is 0 Å². The standard InChI is InChI=1S/C7H16O5S.C4H8O3S.C3H8O2.N2.Na/c1-11-5-6-12-4-2-3-7-13(8,9)10;5-8(6)4-2-1-3-7-8;1-5-3-2-4;1-2;/h2-7H2,1H3,(H,8,9,10);1-4H2;4H,2-3H2,1H3;;/q;;;;+1/p-1. The van der Waals surface area contributed by atoms with Crippen molar-refractivity contribution in [3.05, 3.63) is 0 Å². The average molecular weight is 475 g/mol. The van der Waals surface area contributed by atoms with E-state index in [1.54, 1.807) is 14.2 Å². The zero-order chi connectivity index (χ0) is 22.3. The van der Waals surface area contributed by atoms with Gasteiger partial charge in [0, 0.05) is 37.4 Å². The van der Waals surface area contributed by atoms with E-state index < -0.39 is 20.2 Å². The van der Waals surface area contributed by atoms with Gasteiger partial charge in [0.15, 0.2) is 0 Å². The van der Waals surface area contributed by atoms with Crippen LogP contribution in [0.5, 0.6) is 0 Å². The number of aliphatic hydroxyl groups excluding tert-OH is 1. The molecule has 0 aliphatic carbocycles. The minimum atomic E-state index is -4.05. The number of aliphatic hydroxyl groups is 1. The first kappa shape index (κ1) is 36.5. The van der Waals surface area contributed by atoms with Crippen LogP contribution in [0, 0.1) is 10.8 Å². The van der Waals surface area contributed by atoms with Crippen LogP contribution < -0.4 is 29.6 Å². The molecule has 1 N–H and O–H groups in total. The van der Waals surface area contributed by atoms with Crippen LogP contribution in [0.3, 0.4) is 0 Å². The summed E-state index contributed by atoms with van der Waals surface area (Å²) in [6.07, 6.45) is 2.57. The van der Waals surface area contributed by atoms with Gasteiger partial charge in [0.25, 0.3) is 10.1 Å². The Morgan fingerprint density at radius 2 is 1.62 bits per heavy atom. The Labute approximate surface area is 195 Å². The van der Waals surface area contributed by atoms with Gasteiger partial charge in [0.2, 0.25) is 0 Å². The molecule has 15 heteroatoms. The van der Waals surface area contributed by atoms with Gasteiger partial charge in [-0.1, -0.05) is 0 Å². The molecule has 0 spiro atoms. The first-order valence-corrected chi connectivity index (χ1v) is 11.5. The molecular formula is C14H31N2NaO10S2. The summed E-state index contributed by atoms with van der Waals surface area (Å²) in [4.78, 5) is 0. The van der Waals surface area contributed by atoms with Crippen molar-refractivity contribution < 1.29 is 74.4 Å². The van der Waals surface area contributed by atoms with E-state index in [9.17, 15) is 21.4 Å². The summed E-state index contributed by atoms with van der Waals surface area (Å²) in [5.41, 5.74) is 0. The third-order valence-electron chi connectivity index (χ3n) is 2.71. The van der Waals surface area contributed by atoms with Gasteiger partial charge in [0.1, 0.15) is 0 Å². The summed E-state index contributed by atoms with van der Waals surface area (Å²) in [7, 11) is -4.01. The molecule has 0 aromatic carbocycles. The van der Waals surface area contributed by atoms with Crippen molar-refractivity contribution in [3.8, 4) is 0 Å². The van der Waals surface area contributed by atoms with Crippen molar-refractivity contribution in [1.29, 1.82) is 10.8 Å². The number of hydrogen-bond donors (Lipinski definition) is 1. The molecule has 0 aromatic heterocycles. The van der Waals surface area contributed by atoms with Gasteiger partial charge in [0.05, 0.1) is 48.9 Å². The number of ether oxygens (including phenoxy) is 3. The van der Waals surface area contributed by atoms with Crippen molar-refractivity contribution in [2.24, 2.45) is 0 Å². The first-order valence-electron chi connectivity index (χ1n) is 8.35. The molecule has 0 amide bonds. The van der Waals surface area contributed by atoms with E-state index in [4.69, 9.17) is 25.4 Å². The van der Waals surface area contributed by atoms with Crippen LogP contribution in [0.25, 0.3) is 0 Å². The molecule has 29 heavy (non-hydrogen) atoms. The average Bonchev–Trinajstić information content (AvgIpc) is 2.63. The van der Waals surface area contributed by atoms with Crippen molar-refractivity contribution in [1.82, 2.24) is 0 Å². The molecule has 0 bridgehead atoms. The molecule has 0 radical (unpaired) electrons. The molecule has 0 unspecified atom stereocenters. The Balaban J connectivity index is -0.000000167. The number of unbranched alkanes of at least 4 members (excludes halogenated alkanes) is 1. The summed E-state index contributed by atoms with van der Waals surface area (Å²) < 4.78 is 70.0. The van der Waals surface area contributed by atoms with Crippen LogP contribution in [0.15, 0.2) is 0 Å². The van der Waals surface area contributed by atoms with Gasteiger partial charge in [-0.05, 0) is 25.7 Å². The fraction of sp³-hybridized carbons (Fsp3) is 1.00. The summed E-state index contributed by atoms with van der Waals surface area (Å²) in [5.74, 6) is -0.104. The van der Waals surface area contributed by atoms with Crippen LogP contribution in [0.4, 0.5) is 0 Å². The summed E-state index contributed by atoms with van der Waals surface area (Å²) >= 11 is 0. The Hall–Kier alpha value is 0.0800. The molecule has 1 aliphatic heterocycles. The minimum absolute atomic E-state index is 0. The second kappa shape index (κ2) is 26.1. The predicted molar refractivity (Wildman–Crippen MR) is 97.9 cm³/mol. The predicted octanol–water partition coefficient (Wildman–Crippen LogP) is -3.24. The second-order valence-corrected chi connectivity index (χ2v) is 8.36. The van der Waals surface area contributed by atoms with E-state index in [1.807, 2.05) is 0 Å². The van der Waals surface area contributed by atoms with Crippen LogP contribution in [0.1, 0.15) is 25.7 Å². The van der Waals surface area contributed by atoms with Crippen LogP contribution in [-0.2, 0) is 38.6 Å². The summed E-state index contributed by atoms with van der Waals surface area (Å²) in [5, 5.41) is 19.9. The zero-order valence-corrected chi connectivity index (χ0v) is 21.0. The minimum Gasteiger partial charge on any atom is -0.748 e. The molecule has 1 fully saturated rings. The Morgan fingerprint density at radius 1 is 1.03 bits per heavy atom. The van der Waals surface area contributed by atoms with Gasteiger partial charge in [-0.15, -0.1) is 0 Å². The molecule has 0 saturated carbocycles. The normalized spacial score (nSPS) is 14.4. The smallest absolute Gasteiger partial charge is 0.748 e. The molecule has 12 nitrogen and oxygen atoms in total. The topological polar surface area (TPSA) is 196 Å². The largest absolute Gasteiger partial charge is 1.00 e. The maximum absolute atomic E-state index is 10.4. The number of hydrogen-bond acceptors (Lipinski definition) is 12. The van der Waals surface area contributed by atoms with E-state index in [0.717, 1.165) is 12.8 Å². The molecule has 1 saturated heterocycles. The van der Waals surface area contributed by atoms with Crippen molar-refractivity contribution in [2.75, 3.05) is 65.4 Å². The molecule has 1 rings (SSSR count). The Morgan fingerprint density at radius 3 is 1.93 bits per heavy atom. The SMILES string of the molecule is COCCO.COCCOCCCCS(=O)(=O)[O-].N#N.O=S1(=O)CCCCO1.[Na+]. The van der Waals surface area contributed by atoms with Crippen LogP contribution >= 0.6 is 0 Å². The molecule has 0 atom stereocenters. The van der Waals surface area contributed by atoms with Crippen molar-refractivity contribution in [2.45, 2.75) is 25.7 Å². The Bertz CT molecular complexity index is 530. The first-order chi connectivity index (χ1) is 13.2. The molecule has 1 heterocycles. The van der Waals surface area contributed by atoms with Crippen LogP contribution in [-0.4, -0.2) is 91.9 Å². The third kappa shape index (κ3) is 39.2. The zero-order valence-electron chi connectivity index (χ0n) is 17.3. The van der Waals surface area contributed by atoms with E-state index in [-0.39, 0.29) is 47.7 Å². The summed E-state index contributed by atoms with van der Waals surface area (Å²) in [6, 6.07) is 0. The van der Waals surface area contributed by atoms with Gasteiger partial charge in [-0.3, -0.25) is 4.18 Å². The molecule has 0 aromatic rings. The fourth-order valence-corrected chi connectivity index (χ4v) is 3.05. The molecule has 170 valence electrons. The third-order valence-corrected chi connectivity index (χ3v) is 4.81. The number of rotatable bonds is 10. The van der Waals surface area contributed by atoms with E-state index in [2.05, 4.69) is 8.92 Å². The maximum Gasteiger partial charge on any atom is 1.00 e. The van der Waals surface area contributed by atoms with E-state index >= 15 is 0 Å². The van der Waals surface area contributed by atoms with Gasteiger partial charge in [-0.25, -0.2) is 8.42 Å². The molecular weight excluding hydrogens is 443 g/mol. The van der Waals surface area contributed by atoms with Crippen molar-refractivity contribution >= 4 is 20.2 Å². The van der Waals surface area contributed by atoms with E-state index in [0.29, 0.717) is 45.9 Å². The second-order valence-electron chi connectivity index (χ2n) is 5.08. The summed E-state index contributed by atoms with van der Waals surface area (Å²) in [6.45, 7) is 2.44. The van der Waals surface area contributed by atoms with E-state index in [1.165, 1.54) is 0 Å². The van der Waals surface area contributed by atoms with Gasteiger partial charge >= 0.3 is 29.6 Å². The van der Waals surface area contributed by atoms with Gasteiger partial charge < -0.3 is 23.9 Å². The molecule has 1 aliphatic rings. The maximum atomic E-state index is 10.4. The number of nitrogens with zero attached hydrogens (tertiary/aromatic N) is 2. The van der Waals surface area contributed by atoms with Crippen molar-refractivity contribution in [3.63, 3.8) is 0 Å². The van der Waals surface area contributed by atoms with Gasteiger partial charge in [-0.2, -0.15) is 8.42 Å². The number of methoxy groups -OCH3 is 2. The monoisotopic (exact) mass is 474 g/mol.